The van der Waals surface area contributed by atoms with Crippen LogP contribution in [-0.2, 0) is 11.9 Å². The summed E-state index contributed by atoms with van der Waals surface area (Å²) in [4.78, 5) is 0. The van der Waals surface area contributed by atoms with Crippen molar-refractivity contribution in [2.45, 2.75) is 11.9 Å². The Morgan fingerprint density at radius 3 is 2.37 bits per heavy atom. The van der Waals surface area contributed by atoms with Crippen molar-refractivity contribution in [1.82, 2.24) is 0 Å². The zero-order valence-corrected chi connectivity index (χ0v) is 11.7. The van der Waals surface area contributed by atoms with Crippen molar-refractivity contribution in [2.75, 3.05) is 0 Å². The van der Waals surface area contributed by atoms with Crippen LogP contribution >= 0.6 is 15.9 Å². The van der Waals surface area contributed by atoms with Crippen molar-refractivity contribution in [3.05, 3.63) is 65.0 Å². The van der Waals surface area contributed by atoms with Crippen LogP contribution in [0.1, 0.15) is 16.7 Å². The molecule has 0 unspecified atom stereocenters. The van der Waals surface area contributed by atoms with Crippen LogP contribution < -0.4 is 4.74 Å². The molecule has 0 atom stereocenters. The van der Waals surface area contributed by atoms with E-state index in [2.05, 4.69) is 15.9 Å². The molecular formula is C15H11BrFNO. The molecule has 0 spiro atoms. The van der Waals surface area contributed by atoms with E-state index in [9.17, 15) is 4.39 Å². The van der Waals surface area contributed by atoms with Gasteiger partial charge in [0.1, 0.15) is 6.61 Å². The second kappa shape index (κ2) is 6.35. The molecule has 2 aromatic rings. The van der Waals surface area contributed by atoms with Crippen LogP contribution in [-0.4, -0.2) is 0 Å². The smallest absolute Gasteiger partial charge is 0.165 e. The van der Waals surface area contributed by atoms with E-state index < -0.39 is 0 Å². The molecule has 0 saturated carbocycles. The maximum atomic E-state index is 13.7. The topological polar surface area (TPSA) is 33.0 Å². The Hall–Kier alpha value is -1.86. The summed E-state index contributed by atoms with van der Waals surface area (Å²) in [6, 6.07) is 13.9. The van der Waals surface area contributed by atoms with Crippen LogP contribution in [0.2, 0.25) is 0 Å². The van der Waals surface area contributed by atoms with Gasteiger partial charge in [-0.15, -0.1) is 0 Å². The molecule has 0 aliphatic carbocycles. The third-order valence-corrected chi connectivity index (χ3v) is 3.28. The zero-order valence-electron chi connectivity index (χ0n) is 10.1. The molecule has 0 aromatic heterocycles. The van der Waals surface area contributed by atoms with Crippen LogP contribution in [0.5, 0.6) is 5.75 Å². The Morgan fingerprint density at radius 1 is 1.11 bits per heavy atom. The Kier molecular flexibility index (Phi) is 4.53. The minimum atomic E-state index is -0.370. The molecule has 0 saturated heterocycles. The average Bonchev–Trinajstić information content (AvgIpc) is 2.46. The maximum absolute atomic E-state index is 13.7. The summed E-state index contributed by atoms with van der Waals surface area (Å²) < 4.78 is 19.1. The number of hydrogen-bond acceptors (Lipinski definition) is 2. The molecule has 0 N–H and O–H groups in total. The highest BCUT2D eigenvalue weighted by Crippen LogP contribution is 2.20. The molecule has 0 aliphatic heterocycles. The molecule has 0 heterocycles. The lowest BCUT2D eigenvalue weighted by atomic mass is 10.1. The van der Waals surface area contributed by atoms with Gasteiger partial charge in [0.15, 0.2) is 11.6 Å². The summed E-state index contributed by atoms with van der Waals surface area (Å²) in [5, 5.41) is 9.30. The second-order valence-electron chi connectivity index (χ2n) is 4.00. The summed E-state index contributed by atoms with van der Waals surface area (Å²) in [7, 11) is 0. The molecular weight excluding hydrogens is 309 g/mol. The first-order valence-corrected chi connectivity index (χ1v) is 6.81. The first-order valence-electron chi connectivity index (χ1n) is 5.69. The van der Waals surface area contributed by atoms with Crippen LogP contribution in [0, 0.1) is 17.1 Å². The fourth-order valence-corrected chi connectivity index (χ4v) is 1.93. The second-order valence-corrected chi connectivity index (χ2v) is 4.56. The maximum Gasteiger partial charge on any atom is 0.165 e. The van der Waals surface area contributed by atoms with Crippen molar-refractivity contribution in [3.63, 3.8) is 0 Å². The van der Waals surface area contributed by atoms with Crippen molar-refractivity contribution < 1.29 is 9.13 Å². The third kappa shape index (κ3) is 3.55. The van der Waals surface area contributed by atoms with Crippen LogP contribution in [0.15, 0.2) is 42.5 Å². The number of halogens is 2. The number of nitrogens with zero attached hydrogens (tertiary/aromatic N) is 1. The Bertz CT molecular complexity index is 605. The number of alkyl halides is 1. The first-order chi connectivity index (χ1) is 9.22. The lowest BCUT2D eigenvalue weighted by Crippen LogP contribution is -1.98. The summed E-state index contributed by atoms with van der Waals surface area (Å²) in [5.74, 6) is -0.139. The largest absolute Gasteiger partial charge is 0.486 e. The fourth-order valence-electron chi connectivity index (χ4n) is 1.58. The summed E-state index contributed by atoms with van der Waals surface area (Å²) in [6.45, 7) is 0.274. The van der Waals surface area contributed by atoms with Gasteiger partial charge >= 0.3 is 0 Å². The van der Waals surface area contributed by atoms with E-state index >= 15 is 0 Å². The molecule has 0 fully saturated rings. The summed E-state index contributed by atoms with van der Waals surface area (Å²) in [5.41, 5.74) is 2.35. The number of hydrogen-bond donors (Lipinski definition) is 0. The predicted molar refractivity (Wildman–Crippen MR) is 74.5 cm³/mol. The molecule has 2 aromatic carbocycles. The molecule has 0 aliphatic rings. The van der Waals surface area contributed by atoms with E-state index in [0.29, 0.717) is 10.9 Å². The summed E-state index contributed by atoms with van der Waals surface area (Å²) >= 11 is 3.27. The quantitative estimate of drug-likeness (QED) is 0.792. The van der Waals surface area contributed by atoms with Gasteiger partial charge in [-0.3, -0.25) is 0 Å². The van der Waals surface area contributed by atoms with Gasteiger partial charge in [0.05, 0.1) is 11.6 Å². The average molecular weight is 320 g/mol. The molecule has 0 amide bonds. The van der Waals surface area contributed by atoms with Gasteiger partial charge in [-0.2, -0.15) is 5.26 Å². The molecule has 19 heavy (non-hydrogen) atoms. The fraction of sp³-hybridized carbons (Fsp3) is 0.133. The van der Waals surface area contributed by atoms with Crippen LogP contribution in [0.3, 0.4) is 0 Å². The number of ether oxygens (including phenoxy) is 1. The van der Waals surface area contributed by atoms with Gasteiger partial charge in [0.2, 0.25) is 0 Å². The zero-order chi connectivity index (χ0) is 13.7. The Balaban J connectivity index is 2.04. The van der Waals surface area contributed by atoms with E-state index in [1.165, 1.54) is 6.07 Å². The van der Waals surface area contributed by atoms with Crippen molar-refractivity contribution in [1.29, 1.82) is 5.26 Å². The number of nitriles is 1. The third-order valence-electron chi connectivity index (χ3n) is 2.63. The van der Waals surface area contributed by atoms with E-state index in [1.807, 2.05) is 12.1 Å². The Labute approximate surface area is 119 Å². The van der Waals surface area contributed by atoms with Gasteiger partial charge in [0.25, 0.3) is 0 Å². The van der Waals surface area contributed by atoms with E-state index in [1.54, 1.807) is 30.3 Å². The minimum absolute atomic E-state index is 0.231. The number of benzene rings is 2. The molecule has 0 radical (unpaired) electrons. The number of rotatable bonds is 4. The molecule has 96 valence electrons. The Morgan fingerprint density at radius 2 is 1.79 bits per heavy atom. The van der Waals surface area contributed by atoms with Gasteiger partial charge in [-0.25, -0.2) is 4.39 Å². The highest BCUT2D eigenvalue weighted by molar-refractivity contribution is 9.08. The molecule has 4 heteroatoms. The monoisotopic (exact) mass is 319 g/mol. The van der Waals surface area contributed by atoms with E-state index in [-0.39, 0.29) is 18.2 Å². The van der Waals surface area contributed by atoms with Gasteiger partial charge in [-0.05, 0) is 35.4 Å². The molecule has 2 nitrogen and oxygen atoms in total. The molecule has 2 rings (SSSR count). The van der Waals surface area contributed by atoms with E-state index in [0.717, 1.165) is 11.1 Å². The predicted octanol–water partition coefficient (Wildman–Crippen LogP) is 4.17. The van der Waals surface area contributed by atoms with Crippen LogP contribution in [0.25, 0.3) is 0 Å². The SMILES string of the molecule is N#Cc1ccc(COc2ccc(CBr)cc2F)cc1. The van der Waals surface area contributed by atoms with Gasteiger partial charge in [0, 0.05) is 5.33 Å². The highest BCUT2D eigenvalue weighted by Gasteiger charge is 2.04. The normalized spacial score (nSPS) is 9.95. The van der Waals surface area contributed by atoms with Gasteiger partial charge in [-0.1, -0.05) is 34.1 Å². The van der Waals surface area contributed by atoms with Crippen molar-refractivity contribution in [3.8, 4) is 11.8 Å². The first kappa shape index (κ1) is 13.6. The van der Waals surface area contributed by atoms with Crippen molar-refractivity contribution in [2.24, 2.45) is 0 Å². The van der Waals surface area contributed by atoms with E-state index in [4.69, 9.17) is 10.00 Å². The standard InChI is InChI=1S/C15H11BrFNO/c16-8-13-5-6-15(14(17)7-13)19-10-12-3-1-11(9-18)2-4-12/h1-7H,8,10H2. The van der Waals surface area contributed by atoms with Crippen molar-refractivity contribution >= 4 is 15.9 Å². The highest BCUT2D eigenvalue weighted by atomic mass is 79.9. The summed E-state index contributed by atoms with van der Waals surface area (Å²) in [6.07, 6.45) is 0. The minimum Gasteiger partial charge on any atom is -0.486 e. The lowest BCUT2D eigenvalue weighted by molar-refractivity contribution is 0.290. The van der Waals surface area contributed by atoms with Crippen LogP contribution in [0.4, 0.5) is 4.39 Å². The molecule has 0 bridgehead atoms. The lowest BCUT2D eigenvalue weighted by Gasteiger charge is -2.08. The van der Waals surface area contributed by atoms with Gasteiger partial charge < -0.3 is 4.74 Å².